The van der Waals surface area contributed by atoms with Crippen LogP contribution in [0.4, 0.5) is 0 Å². The fraction of sp³-hybridized carbons (Fsp3) is 0.250. The van der Waals surface area contributed by atoms with Crippen molar-refractivity contribution in [2.45, 2.75) is 27.7 Å². The Balaban J connectivity index is 0.000000221. The van der Waals surface area contributed by atoms with E-state index < -0.39 is 0 Å². The number of para-hydroxylation sites is 1. The van der Waals surface area contributed by atoms with Crippen molar-refractivity contribution in [2.75, 3.05) is 7.11 Å². The highest BCUT2D eigenvalue weighted by Crippen LogP contribution is 2.28. The van der Waals surface area contributed by atoms with Crippen molar-refractivity contribution >= 4 is 33.7 Å². The molecule has 4 heteroatoms. The Morgan fingerprint density at radius 2 is 1.88 bits per heavy atom. The van der Waals surface area contributed by atoms with Gasteiger partial charge in [0, 0.05) is 5.56 Å². The number of methoxy groups -OCH3 is 1. The maximum absolute atomic E-state index is 5.27. The third-order valence-corrected chi connectivity index (χ3v) is 3.96. The van der Waals surface area contributed by atoms with E-state index in [1.807, 2.05) is 45.9 Å². The van der Waals surface area contributed by atoms with Gasteiger partial charge in [0.15, 0.2) is 0 Å². The van der Waals surface area contributed by atoms with Gasteiger partial charge in [-0.2, -0.15) is 0 Å². The number of ether oxygens (including phenoxy) is 1. The first-order valence-corrected chi connectivity index (χ1v) is 8.66. The molecule has 2 aromatic heterocycles. The fourth-order valence-electron chi connectivity index (χ4n) is 2.07. The summed E-state index contributed by atoms with van der Waals surface area (Å²) in [7, 11) is 1.67. The van der Waals surface area contributed by atoms with Crippen LogP contribution < -0.4 is 4.74 Å². The summed E-state index contributed by atoms with van der Waals surface area (Å²) in [5.41, 5.74) is 1.98. The molecule has 0 unspecified atom stereocenters. The molecule has 0 spiro atoms. The summed E-state index contributed by atoms with van der Waals surface area (Å²) in [6.07, 6.45) is 3.44. The maximum Gasteiger partial charge on any atom is 0.145 e. The number of rotatable bonds is 3. The summed E-state index contributed by atoms with van der Waals surface area (Å²) >= 11 is 1.69. The van der Waals surface area contributed by atoms with Gasteiger partial charge in [-0.15, -0.1) is 11.3 Å². The van der Waals surface area contributed by atoms with Gasteiger partial charge in [-0.25, -0.2) is 4.98 Å². The maximum atomic E-state index is 5.27. The summed E-state index contributed by atoms with van der Waals surface area (Å²) < 4.78 is 11.6. The van der Waals surface area contributed by atoms with Crippen LogP contribution in [0.1, 0.15) is 35.9 Å². The number of aromatic nitrogens is 1. The van der Waals surface area contributed by atoms with Crippen LogP contribution in [0.5, 0.6) is 5.75 Å². The lowest BCUT2D eigenvalue weighted by Gasteiger charge is -1.97. The second kappa shape index (κ2) is 9.73. The van der Waals surface area contributed by atoms with Crippen LogP contribution in [-0.4, -0.2) is 12.1 Å². The number of nitrogens with zero attached hydrogens (tertiary/aromatic N) is 1. The van der Waals surface area contributed by atoms with Crippen molar-refractivity contribution in [1.82, 2.24) is 4.98 Å². The fourth-order valence-corrected chi connectivity index (χ4v) is 2.91. The molecule has 0 amide bonds. The number of aryl methyl sites for hydroxylation is 2. The molecule has 0 N–H and O–H groups in total. The molecule has 0 aliphatic carbocycles. The molecule has 2 heterocycles. The van der Waals surface area contributed by atoms with Gasteiger partial charge in [-0.1, -0.05) is 39.1 Å². The summed E-state index contributed by atoms with van der Waals surface area (Å²) in [6, 6.07) is 7.91. The van der Waals surface area contributed by atoms with Crippen LogP contribution in [0.3, 0.4) is 0 Å². The summed E-state index contributed by atoms with van der Waals surface area (Å²) in [5, 5.41) is 1.08. The van der Waals surface area contributed by atoms with Gasteiger partial charge in [-0.05, 0) is 38.1 Å². The van der Waals surface area contributed by atoms with Gasteiger partial charge >= 0.3 is 0 Å². The first kappa shape index (κ1) is 19.7. The smallest absolute Gasteiger partial charge is 0.145 e. The Bertz CT molecular complexity index is 774. The van der Waals surface area contributed by atoms with Crippen molar-refractivity contribution in [3.63, 3.8) is 0 Å². The van der Waals surface area contributed by atoms with E-state index in [9.17, 15) is 0 Å². The van der Waals surface area contributed by atoms with E-state index >= 15 is 0 Å². The number of furan rings is 1. The molecule has 0 aliphatic heterocycles. The number of fused-ring (bicyclic) bond motifs is 1. The average Bonchev–Trinajstić information content (AvgIpc) is 3.17. The second-order valence-electron chi connectivity index (χ2n) is 4.62. The van der Waals surface area contributed by atoms with Crippen LogP contribution in [0.2, 0.25) is 0 Å². The summed E-state index contributed by atoms with van der Waals surface area (Å²) in [4.78, 5) is 4.38. The molecule has 3 nitrogen and oxygen atoms in total. The van der Waals surface area contributed by atoms with Crippen molar-refractivity contribution in [1.29, 1.82) is 0 Å². The lowest BCUT2D eigenvalue weighted by Crippen LogP contribution is -1.83. The summed E-state index contributed by atoms with van der Waals surface area (Å²) in [5.74, 6) is 2.55. The highest BCUT2D eigenvalue weighted by atomic mass is 32.1. The van der Waals surface area contributed by atoms with Crippen molar-refractivity contribution < 1.29 is 9.15 Å². The third-order valence-electron chi connectivity index (χ3n) is 3.03. The number of hydrogen-bond acceptors (Lipinski definition) is 4. The van der Waals surface area contributed by atoms with Crippen LogP contribution >= 0.6 is 11.3 Å². The minimum Gasteiger partial charge on any atom is -0.494 e. The number of thiazole rings is 1. The first-order valence-electron chi connectivity index (χ1n) is 7.84. The van der Waals surface area contributed by atoms with Gasteiger partial charge in [-0.3, -0.25) is 0 Å². The van der Waals surface area contributed by atoms with Crippen LogP contribution in [-0.2, 0) is 0 Å². The van der Waals surface area contributed by atoms with E-state index in [1.54, 1.807) is 30.6 Å². The molecule has 0 bridgehead atoms. The average molecular weight is 343 g/mol. The van der Waals surface area contributed by atoms with E-state index in [-0.39, 0.29) is 0 Å². The zero-order valence-corrected chi connectivity index (χ0v) is 15.9. The highest BCUT2D eigenvalue weighted by Gasteiger charge is 2.04. The minimum absolute atomic E-state index is 0.799. The molecule has 3 rings (SSSR count). The van der Waals surface area contributed by atoms with E-state index in [2.05, 4.69) is 24.2 Å². The highest BCUT2D eigenvalue weighted by molar-refractivity contribution is 7.18. The monoisotopic (exact) mass is 343 g/mol. The van der Waals surface area contributed by atoms with E-state index in [4.69, 9.17) is 9.15 Å². The molecule has 0 atom stereocenters. The SMILES string of the molecule is C=Cc1cc(C)oc1C=C.CC.COc1cccc2sc(C)nc12. The van der Waals surface area contributed by atoms with Gasteiger partial charge in [0.05, 0.1) is 16.8 Å². The Morgan fingerprint density at radius 1 is 1.17 bits per heavy atom. The molecule has 128 valence electrons. The Morgan fingerprint density at radius 3 is 2.42 bits per heavy atom. The van der Waals surface area contributed by atoms with E-state index in [1.165, 1.54) is 4.70 Å². The zero-order chi connectivity index (χ0) is 18.1. The first-order chi connectivity index (χ1) is 11.6. The van der Waals surface area contributed by atoms with Crippen molar-refractivity contribution in [3.05, 3.63) is 59.5 Å². The Hall–Kier alpha value is -2.33. The third kappa shape index (κ3) is 4.83. The zero-order valence-electron chi connectivity index (χ0n) is 15.1. The topological polar surface area (TPSA) is 35.3 Å². The Kier molecular flexibility index (Phi) is 7.99. The predicted molar refractivity (Wildman–Crippen MR) is 106 cm³/mol. The lowest BCUT2D eigenvalue weighted by molar-refractivity contribution is 0.419. The molecular formula is C20H25NO2S. The molecule has 0 saturated carbocycles. The largest absolute Gasteiger partial charge is 0.494 e. The second-order valence-corrected chi connectivity index (χ2v) is 5.86. The van der Waals surface area contributed by atoms with E-state index in [0.29, 0.717) is 0 Å². The van der Waals surface area contributed by atoms with Gasteiger partial charge in [0.2, 0.25) is 0 Å². The minimum atomic E-state index is 0.799. The van der Waals surface area contributed by atoms with Gasteiger partial charge < -0.3 is 9.15 Å². The van der Waals surface area contributed by atoms with Gasteiger partial charge in [0.25, 0.3) is 0 Å². The molecular weight excluding hydrogens is 318 g/mol. The Labute approximate surface area is 148 Å². The van der Waals surface area contributed by atoms with Crippen LogP contribution in [0, 0.1) is 13.8 Å². The molecule has 3 aromatic rings. The molecule has 1 aromatic carbocycles. The molecule has 0 fully saturated rings. The molecule has 24 heavy (non-hydrogen) atoms. The van der Waals surface area contributed by atoms with E-state index in [0.717, 1.165) is 33.4 Å². The van der Waals surface area contributed by atoms with Crippen LogP contribution in [0.25, 0.3) is 22.4 Å². The number of hydrogen-bond donors (Lipinski definition) is 0. The molecule has 0 radical (unpaired) electrons. The van der Waals surface area contributed by atoms with Crippen molar-refractivity contribution in [2.24, 2.45) is 0 Å². The van der Waals surface area contributed by atoms with Crippen molar-refractivity contribution in [3.8, 4) is 5.75 Å². The normalized spacial score (nSPS) is 9.38. The van der Waals surface area contributed by atoms with Gasteiger partial charge in [0.1, 0.15) is 22.8 Å². The molecule has 0 saturated heterocycles. The van der Waals surface area contributed by atoms with Crippen LogP contribution in [0.15, 0.2) is 41.8 Å². The predicted octanol–water partition coefficient (Wildman–Crippen LogP) is 6.51. The standard InChI is InChI=1S/C9H9NOS.C9H10O.C2H6/c1-6-10-9-7(11-2)4-3-5-8(9)12-6;1-4-8-6-7(3)10-9(8)5-2;1-2/h3-5H,1-2H3;4-6H,1-2H2,3H3;1-2H3. The number of benzene rings is 1. The quantitative estimate of drug-likeness (QED) is 0.543. The summed E-state index contributed by atoms with van der Waals surface area (Å²) in [6.45, 7) is 15.2. The molecule has 0 aliphatic rings. The lowest BCUT2D eigenvalue weighted by atomic mass is 10.2.